The Morgan fingerprint density at radius 1 is 1.21 bits per heavy atom. The highest BCUT2D eigenvalue weighted by Gasteiger charge is 2.27. The number of aromatic nitrogens is 4. The van der Waals surface area contributed by atoms with Crippen LogP contribution in [0.1, 0.15) is 23.9 Å². The van der Waals surface area contributed by atoms with E-state index in [0.29, 0.717) is 48.7 Å². The van der Waals surface area contributed by atoms with E-state index < -0.39 is 0 Å². The van der Waals surface area contributed by atoms with Crippen LogP contribution in [0.25, 0.3) is 11.4 Å². The molecular formula is C23H26Cl2N6O3. The summed E-state index contributed by atoms with van der Waals surface area (Å²) >= 11 is 5.92. The van der Waals surface area contributed by atoms with Gasteiger partial charge in [0.15, 0.2) is 5.82 Å². The van der Waals surface area contributed by atoms with Crippen molar-refractivity contribution in [1.29, 1.82) is 0 Å². The lowest BCUT2D eigenvalue weighted by Gasteiger charge is -2.30. The van der Waals surface area contributed by atoms with Gasteiger partial charge in [-0.1, -0.05) is 11.6 Å². The molecule has 1 aliphatic rings. The topological polar surface area (TPSA) is 102 Å². The second-order valence-electron chi connectivity index (χ2n) is 7.82. The van der Waals surface area contributed by atoms with Crippen molar-refractivity contribution < 1.29 is 14.3 Å². The second-order valence-corrected chi connectivity index (χ2v) is 8.21. The number of anilines is 1. The van der Waals surface area contributed by atoms with Gasteiger partial charge in [-0.25, -0.2) is 14.8 Å². The quantitative estimate of drug-likeness (QED) is 0.498. The molecule has 34 heavy (non-hydrogen) atoms. The van der Waals surface area contributed by atoms with Gasteiger partial charge in [0, 0.05) is 37.5 Å². The number of rotatable bonds is 6. The van der Waals surface area contributed by atoms with Gasteiger partial charge in [-0.15, -0.1) is 12.4 Å². The van der Waals surface area contributed by atoms with Gasteiger partial charge in [0.1, 0.15) is 11.3 Å². The number of carbonyl (C=O) groups excluding carboxylic acids is 1. The summed E-state index contributed by atoms with van der Waals surface area (Å²) < 4.78 is 11.3. The summed E-state index contributed by atoms with van der Waals surface area (Å²) in [5, 5.41) is 3.29. The molecule has 0 bridgehead atoms. The standard InChI is InChI=1S/C23H25ClN6O3.ClH/c1-14-4-6-17(11-25-14)27-23(31)30-9-8-19-18(12-30)22(33-15(2)13-32-3)29-21(28-19)16-5-7-20(24)26-10-16;/h4-7,10-11,15H,8-9,12-13H2,1-3H3,(H,27,31);1H. The smallest absolute Gasteiger partial charge is 0.322 e. The molecule has 0 radical (unpaired) electrons. The number of nitrogens with zero attached hydrogens (tertiary/aromatic N) is 5. The molecule has 0 saturated heterocycles. The van der Waals surface area contributed by atoms with Crippen molar-refractivity contribution in [2.24, 2.45) is 0 Å². The maximum atomic E-state index is 12.9. The Kier molecular flexibility index (Phi) is 8.60. The number of ether oxygens (including phenoxy) is 2. The van der Waals surface area contributed by atoms with Crippen molar-refractivity contribution in [1.82, 2.24) is 24.8 Å². The van der Waals surface area contributed by atoms with Crippen LogP contribution in [0.2, 0.25) is 5.15 Å². The molecule has 3 aromatic rings. The number of nitrogens with one attached hydrogen (secondary N) is 1. The first-order valence-electron chi connectivity index (χ1n) is 10.6. The van der Waals surface area contributed by atoms with Crippen LogP contribution in [0.15, 0.2) is 36.7 Å². The molecule has 1 aliphatic heterocycles. The number of hydrogen-bond donors (Lipinski definition) is 1. The lowest BCUT2D eigenvalue weighted by Crippen LogP contribution is -2.39. The van der Waals surface area contributed by atoms with E-state index in [9.17, 15) is 4.79 Å². The van der Waals surface area contributed by atoms with Crippen LogP contribution < -0.4 is 10.1 Å². The number of pyridine rings is 2. The van der Waals surface area contributed by atoms with E-state index in [0.717, 1.165) is 22.5 Å². The van der Waals surface area contributed by atoms with Crippen molar-refractivity contribution in [2.75, 3.05) is 25.6 Å². The number of carbonyl (C=O) groups is 1. The molecule has 4 heterocycles. The van der Waals surface area contributed by atoms with E-state index in [2.05, 4.69) is 20.3 Å². The minimum atomic E-state index is -0.229. The van der Waals surface area contributed by atoms with Gasteiger partial charge in [-0.05, 0) is 38.1 Å². The summed E-state index contributed by atoms with van der Waals surface area (Å²) in [6.45, 7) is 5.04. The summed E-state index contributed by atoms with van der Waals surface area (Å²) in [6.07, 6.45) is 3.61. The fourth-order valence-corrected chi connectivity index (χ4v) is 3.61. The molecule has 0 fully saturated rings. The fourth-order valence-electron chi connectivity index (χ4n) is 3.50. The molecular weight excluding hydrogens is 479 g/mol. The van der Waals surface area contributed by atoms with Crippen LogP contribution in [0.3, 0.4) is 0 Å². The first-order chi connectivity index (χ1) is 15.9. The normalized spacial score (nSPS) is 13.5. The van der Waals surface area contributed by atoms with Crippen molar-refractivity contribution in [2.45, 2.75) is 32.9 Å². The van der Waals surface area contributed by atoms with Gasteiger partial charge in [0.05, 0.1) is 36.3 Å². The molecule has 11 heteroatoms. The van der Waals surface area contributed by atoms with E-state index in [1.165, 1.54) is 0 Å². The summed E-state index contributed by atoms with van der Waals surface area (Å²) in [5.41, 5.74) is 3.89. The zero-order valence-electron chi connectivity index (χ0n) is 19.1. The van der Waals surface area contributed by atoms with E-state index in [4.69, 9.17) is 26.1 Å². The van der Waals surface area contributed by atoms with E-state index in [-0.39, 0.29) is 24.5 Å². The summed E-state index contributed by atoms with van der Waals surface area (Å²) in [4.78, 5) is 32.3. The average Bonchev–Trinajstić information content (AvgIpc) is 2.81. The van der Waals surface area contributed by atoms with Crippen LogP contribution in [-0.2, 0) is 17.7 Å². The minimum Gasteiger partial charge on any atom is -0.472 e. The predicted octanol–water partition coefficient (Wildman–Crippen LogP) is 4.32. The Balaban J connectivity index is 0.00000324. The fraction of sp³-hybridized carbons (Fsp3) is 0.348. The van der Waals surface area contributed by atoms with Gasteiger partial charge in [-0.3, -0.25) is 4.98 Å². The van der Waals surface area contributed by atoms with Crippen molar-refractivity contribution in [3.8, 4) is 17.3 Å². The molecule has 2 amide bonds. The first kappa shape index (κ1) is 25.6. The Labute approximate surface area is 209 Å². The van der Waals surface area contributed by atoms with Crippen molar-refractivity contribution >= 4 is 35.7 Å². The lowest BCUT2D eigenvalue weighted by atomic mass is 10.1. The monoisotopic (exact) mass is 504 g/mol. The molecule has 1 atom stereocenters. The molecule has 0 aromatic carbocycles. The summed E-state index contributed by atoms with van der Waals surface area (Å²) in [5.74, 6) is 0.935. The van der Waals surface area contributed by atoms with Gasteiger partial charge < -0.3 is 19.7 Å². The zero-order valence-corrected chi connectivity index (χ0v) is 20.7. The number of methoxy groups -OCH3 is 1. The molecule has 0 saturated carbocycles. The number of amides is 2. The number of hydrogen-bond acceptors (Lipinski definition) is 7. The van der Waals surface area contributed by atoms with Crippen LogP contribution >= 0.6 is 24.0 Å². The molecule has 180 valence electrons. The van der Waals surface area contributed by atoms with Crippen LogP contribution in [0.5, 0.6) is 5.88 Å². The third-order valence-electron chi connectivity index (χ3n) is 5.17. The van der Waals surface area contributed by atoms with Crippen LogP contribution in [0, 0.1) is 6.92 Å². The molecule has 3 aromatic heterocycles. The van der Waals surface area contributed by atoms with Crippen molar-refractivity contribution in [3.05, 3.63) is 58.8 Å². The molecule has 1 unspecified atom stereocenters. The molecule has 1 N–H and O–H groups in total. The third-order valence-corrected chi connectivity index (χ3v) is 5.40. The highest BCUT2D eigenvalue weighted by Crippen LogP contribution is 2.30. The maximum Gasteiger partial charge on any atom is 0.322 e. The number of aryl methyl sites for hydroxylation is 1. The number of fused-ring (bicyclic) bond motifs is 1. The summed E-state index contributed by atoms with van der Waals surface area (Å²) in [6, 6.07) is 6.98. The van der Waals surface area contributed by atoms with Crippen LogP contribution in [-0.4, -0.2) is 57.2 Å². The SMILES string of the molecule is COCC(C)Oc1nc(-c2ccc(Cl)nc2)nc2c1CN(C(=O)Nc1ccc(C)nc1)CC2.Cl. The highest BCUT2D eigenvalue weighted by molar-refractivity contribution is 6.29. The molecule has 0 aliphatic carbocycles. The Hall–Kier alpha value is -3.01. The number of urea groups is 1. The minimum absolute atomic E-state index is 0. The third kappa shape index (κ3) is 6.11. The van der Waals surface area contributed by atoms with Gasteiger partial charge >= 0.3 is 6.03 Å². The zero-order chi connectivity index (χ0) is 23.4. The highest BCUT2D eigenvalue weighted by atomic mass is 35.5. The first-order valence-corrected chi connectivity index (χ1v) is 11.0. The molecule has 0 spiro atoms. The van der Waals surface area contributed by atoms with Gasteiger partial charge in [0.2, 0.25) is 5.88 Å². The van der Waals surface area contributed by atoms with Crippen LogP contribution in [0.4, 0.5) is 10.5 Å². The summed E-state index contributed by atoms with van der Waals surface area (Å²) in [7, 11) is 1.62. The molecule has 9 nitrogen and oxygen atoms in total. The lowest BCUT2D eigenvalue weighted by molar-refractivity contribution is 0.0872. The maximum absolute atomic E-state index is 12.9. The Morgan fingerprint density at radius 2 is 2.03 bits per heavy atom. The number of halogens is 2. The van der Waals surface area contributed by atoms with Gasteiger partial charge in [0.25, 0.3) is 0 Å². The van der Waals surface area contributed by atoms with E-state index >= 15 is 0 Å². The molecule has 4 rings (SSSR count). The average molecular weight is 505 g/mol. The Morgan fingerprint density at radius 3 is 2.71 bits per heavy atom. The predicted molar refractivity (Wildman–Crippen MR) is 132 cm³/mol. The van der Waals surface area contributed by atoms with E-state index in [1.54, 1.807) is 30.5 Å². The largest absolute Gasteiger partial charge is 0.472 e. The van der Waals surface area contributed by atoms with Gasteiger partial charge in [-0.2, -0.15) is 4.98 Å². The van der Waals surface area contributed by atoms with E-state index in [1.807, 2.05) is 32.0 Å². The second kappa shape index (κ2) is 11.4. The van der Waals surface area contributed by atoms with Crippen molar-refractivity contribution in [3.63, 3.8) is 0 Å². The Bertz CT molecular complexity index is 1130.